The Morgan fingerprint density at radius 2 is 1.38 bits per heavy atom. The number of benzene rings is 6. The zero-order valence-corrected chi connectivity index (χ0v) is 71.7. The molecule has 9 amide bonds. The zero-order valence-electron chi connectivity index (χ0n) is 68.6. The average molecular weight is 1860 g/mol. The van der Waals surface area contributed by atoms with E-state index in [4.69, 9.17) is 80.6 Å². The van der Waals surface area contributed by atoms with Crippen molar-refractivity contribution in [2.45, 2.75) is 169 Å². The maximum atomic E-state index is 16.4. The van der Waals surface area contributed by atoms with Crippen molar-refractivity contribution >= 4 is 111 Å². The number of anilines is 1. The van der Waals surface area contributed by atoms with Gasteiger partial charge in [-0.1, -0.05) is 84.5 Å². The Hall–Kier alpha value is -11.8. The van der Waals surface area contributed by atoms with Crippen molar-refractivity contribution in [3.8, 4) is 57.1 Å². The number of carbonyl (C=O) groups excluding carboxylic acids is 9. The number of aromatic nitrogens is 2. The van der Waals surface area contributed by atoms with Crippen molar-refractivity contribution in [3.63, 3.8) is 0 Å². The molecular formula is C83H92Cl4N16O25. The molecule has 8 aliphatic rings. The Morgan fingerprint density at radius 3 is 2.02 bits per heavy atom. The second kappa shape index (κ2) is 39.8. The number of aliphatic imine (C=N–C) groups is 1. The van der Waals surface area contributed by atoms with E-state index in [1.807, 2.05) is 13.8 Å². The van der Waals surface area contributed by atoms with Crippen LogP contribution in [-0.4, -0.2) is 227 Å². The summed E-state index contributed by atoms with van der Waals surface area (Å²) in [5.74, 6) is -15.9. The van der Waals surface area contributed by atoms with Crippen molar-refractivity contribution in [2.75, 3.05) is 38.6 Å². The third-order valence-electron chi connectivity index (χ3n) is 22.1. The lowest BCUT2D eigenvalue weighted by molar-refractivity contribution is -0.334. The van der Waals surface area contributed by atoms with Crippen LogP contribution in [0.25, 0.3) is 11.1 Å². The molecule has 9 heterocycles. The molecular weight excluding hydrogens is 1760 g/mol. The summed E-state index contributed by atoms with van der Waals surface area (Å²) in [6, 6.07) is 5.67. The van der Waals surface area contributed by atoms with E-state index in [0.29, 0.717) is 17.1 Å². The van der Waals surface area contributed by atoms with E-state index in [1.165, 1.54) is 55.1 Å². The van der Waals surface area contributed by atoms with E-state index < -0.39 is 254 Å². The fourth-order valence-electron chi connectivity index (χ4n) is 15.5. The molecule has 7 aromatic rings. The average Bonchev–Trinajstić information content (AvgIpc) is 0.891. The van der Waals surface area contributed by atoms with Crippen LogP contribution in [0.2, 0.25) is 20.1 Å². The highest BCUT2D eigenvalue weighted by Crippen LogP contribution is 2.50. The van der Waals surface area contributed by atoms with E-state index >= 15 is 24.0 Å². The van der Waals surface area contributed by atoms with Crippen molar-refractivity contribution in [1.82, 2.24) is 68.3 Å². The molecule has 23 N–H and O–H groups in total. The molecule has 0 unspecified atom stereocenters. The molecule has 18 atom stereocenters. The van der Waals surface area contributed by atoms with Gasteiger partial charge >= 0.3 is 5.69 Å². The van der Waals surface area contributed by atoms with Gasteiger partial charge in [0, 0.05) is 55.0 Å². The Bertz CT molecular complexity index is 5560. The van der Waals surface area contributed by atoms with Gasteiger partial charge in [-0.25, -0.2) is 4.79 Å². The highest BCUT2D eigenvalue weighted by molar-refractivity contribution is 6.42. The number of amides is 9. The number of hydrogen-bond acceptors (Lipinski definition) is 31. The van der Waals surface area contributed by atoms with E-state index in [1.54, 1.807) is 13.0 Å². The number of rotatable bonds is 20. The SMILES string of the molecule is CN[C@H](CC(C)C)C(=O)N[C@H]1C(=O)N[C@@H](CC(N)=O)C(=O)N[C@H]2C(=O)N[C@H]3C(=O)N[C@H](C(=O)N[C@@H](C(=O)NNC4=NCCN4)c4cc(O)cc(O)c4-c4cc3ccc4O)[C@H](O)c3ccc(c(Cl)c3)Oc3cc2cc(c3O[C@@H]2O[C@H](CO)[C@@H](O)[C@H](O)[C@H]2O[C@H]2C[C@](C)(NCCn3ccc(NC(=O)Cc4ccc(Cl)c(Cl)c4)nc3=O)[C@H](O)[C@H](C)O2)Oc2ccc(cc2Cl)[C@H]1O. The quantitative estimate of drug-likeness (QED) is 0.0473. The zero-order chi connectivity index (χ0) is 92.2. The summed E-state index contributed by atoms with van der Waals surface area (Å²) in [5, 5.41) is 133. The van der Waals surface area contributed by atoms with Gasteiger partial charge in [0.2, 0.25) is 65.3 Å². The van der Waals surface area contributed by atoms with Crippen LogP contribution in [0.5, 0.6) is 46.0 Å². The summed E-state index contributed by atoms with van der Waals surface area (Å²) in [7, 11) is 1.47. The first kappa shape index (κ1) is 93.8. The number of ether oxygens (including phenoxy) is 6. The number of fused-ring (bicyclic) bond motifs is 15. The lowest BCUT2D eigenvalue weighted by Gasteiger charge is -2.48. The van der Waals surface area contributed by atoms with Crippen molar-refractivity contribution < 1.29 is 118 Å². The second-order valence-corrected chi connectivity index (χ2v) is 33.4. The predicted molar refractivity (Wildman–Crippen MR) is 454 cm³/mol. The first-order valence-electron chi connectivity index (χ1n) is 40.2. The molecule has 15 rings (SSSR count). The van der Waals surface area contributed by atoms with Crippen LogP contribution < -0.4 is 89.7 Å². The maximum Gasteiger partial charge on any atom is 0.349 e. The number of hydrogen-bond donors (Lipinski definition) is 22. The number of phenolic OH excluding ortho intramolecular Hbond substituents is 3. The van der Waals surface area contributed by atoms with Crippen LogP contribution in [0.15, 0.2) is 119 Å². The van der Waals surface area contributed by atoms with Gasteiger partial charge in [0.1, 0.15) is 101 Å². The molecule has 0 radical (unpaired) electrons. The lowest BCUT2D eigenvalue weighted by atomic mass is 9.85. The van der Waals surface area contributed by atoms with Gasteiger partial charge in [-0.2, -0.15) is 4.98 Å². The smallest absolute Gasteiger partial charge is 0.349 e. The third-order valence-corrected chi connectivity index (χ3v) is 23.4. The number of carbonyl (C=O) groups is 9. The molecule has 45 heteroatoms. The Balaban J connectivity index is 0.941. The van der Waals surface area contributed by atoms with Gasteiger partial charge < -0.3 is 133 Å². The highest BCUT2D eigenvalue weighted by Gasteiger charge is 2.52. The van der Waals surface area contributed by atoms with Crippen LogP contribution in [0.3, 0.4) is 0 Å². The van der Waals surface area contributed by atoms with Gasteiger partial charge in [-0.15, -0.1) is 0 Å². The number of halogens is 4. The van der Waals surface area contributed by atoms with Crippen LogP contribution in [-0.2, 0) is 70.3 Å². The van der Waals surface area contributed by atoms with E-state index in [-0.39, 0.29) is 84.1 Å². The van der Waals surface area contributed by atoms with Gasteiger partial charge in [-0.3, -0.25) is 63.6 Å². The molecule has 0 aliphatic carbocycles. The molecule has 0 spiro atoms. The number of likely N-dealkylation sites (N-methyl/N-ethyl adjacent to an activating group) is 1. The number of aliphatic hydroxyl groups is 6. The first-order chi connectivity index (χ1) is 60.8. The number of primary amides is 1. The number of phenols is 3. The molecule has 11 bridgehead atoms. The third kappa shape index (κ3) is 21.1. The summed E-state index contributed by atoms with van der Waals surface area (Å²) in [6.45, 7) is 6.22. The topological polar surface area (TPSA) is 609 Å². The minimum atomic E-state index is -2.40. The predicted octanol–water partition coefficient (Wildman–Crippen LogP) is 0.977. The van der Waals surface area contributed by atoms with Gasteiger partial charge in [-0.05, 0) is 139 Å². The largest absolute Gasteiger partial charge is 0.508 e. The Labute approximate surface area is 748 Å². The number of nitrogens with one attached hydrogen (secondary N) is 12. The fraction of sp³-hybridized carbons (Fsp3) is 0.398. The number of hydrazine groups is 1. The van der Waals surface area contributed by atoms with Crippen molar-refractivity contribution in [1.29, 1.82) is 0 Å². The van der Waals surface area contributed by atoms with Crippen LogP contribution in [0.1, 0.15) is 111 Å². The molecule has 6 aromatic carbocycles. The van der Waals surface area contributed by atoms with E-state index in [0.717, 1.165) is 66.7 Å². The van der Waals surface area contributed by atoms with Crippen molar-refractivity contribution in [3.05, 3.63) is 173 Å². The molecule has 1 aromatic heterocycles. The van der Waals surface area contributed by atoms with Gasteiger partial charge in [0.25, 0.3) is 5.91 Å². The summed E-state index contributed by atoms with van der Waals surface area (Å²) in [4.78, 5) is 155. The van der Waals surface area contributed by atoms with Crippen LogP contribution in [0.4, 0.5) is 5.82 Å². The molecule has 41 nitrogen and oxygen atoms in total. The molecule has 128 heavy (non-hydrogen) atoms. The number of nitrogens with two attached hydrogens (primary N) is 1. The van der Waals surface area contributed by atoms with Gasteiger partial charge in [0.05, 0.1) is 64.3 Å². The summed E-state index contributed by atoms with van der Waals surface area (Å²) in [5.41, 5.74) is 6.50. The minimum Gasteiger partial charge on any atom is -0.508 e. The molecule has 8 aliphatic heterocycles. The Kier molecular flexibility index (Phi) is 29.2. The summed E-state index contributed by atoms with van der Waals surface area (Å²) >= 11 is 26.6. The summed E-state index contributed by atoms with van der Waals surface area (Å²) < 4.78 is 40.7. The van der Waals surface area contributed by atoms with Crippen LogP contribution in [0, 0.1) is 5.92 Å². The Morgan fingerprint density at radius 1 is 0.711 bits per heavy atom. The second-order valence-electron chi connectivity index (χ2n) is 31.7. The highest BCUT2D eigenvalue weighted by atomic mass is 35.5. The molecule has 682 valence electrons. The molecule has 0 saturated carbocycles. The first-order valence-corrected chi connectivity index (χ1v) is 41.7. The lowest BCUT2D eigenvalue weighted by Crippen LogP contribution is -2.65. The van der Waals surface area contributed by atoms with E-state index in [9.17, 15) is 69.9 Å². The monoisotopic (exact) mass is 1850 g/mol. The summed E-state index contributed by atoms with van der Waals surface area (Å²) in [6.07, 6.45) is -18.3. The number of guanidine groups is 1. The number of nitrogens with zero attached hydrogens (tertiary/aromatic N) is 3. The minimum absolute atomic E-state index is 0.0411. The number of aliphatic hydroxyl groups excluding tert-OH is 6. The standard InChI is InChI=1S/C83H92Cl4N16O25/c1-33(2)20-47(89-5)73(115)99-64-66(110)37-8-12-51(45(86)24-37)124-53-26-39-27-54(70(53)128-80-71(69(113)68(112)55(32-104)126-80)127-59-31-83(4,72(114)34(3)123-59)92-17-19-103-18-14-57(95-82(103)122)94-58(109)22-35-6-10-43(84)44(85)21-35)125-52-13-9-38(25-46(52)87)67(111)65-78(120)98-63(79(121)101-102-81-90-15-16-91-81)42-28-40(105)29-50(107)60(42)41-23-36(7-11-49(41)106)61(75(117)100-65)97-76(118)62(39)96-74(116)48(30-56(88)108)93-77(64)119/h6-14,18,21,23-29,33-34,47-48,55,59,61-69,71-72,80,89,92,104-107,110-114H,15-17,19-20,22,30-32H2,1-5H3,(H2,88,108)(H,93,119)(H,96,116)(H,97,118)(H,98,120)(H,99,115)(H,100,117)(H,101,121)(H2,90,91,102)(H,94,95,109,122)/t34-,47+,48-,55+,59-,61+,62+,63+,64+,65-,66+,67+,68+,69-,71+,72+,80-,83-/m0/s1. The van der Waals surface area contributed by atoms with Gasteiger partial charge in [0.15, 0.2) is 23.9 Å². The van der Waals surface area contributed by atoms with E-state index in [2.05, 4.69) is 74.0 Å². The van der Waals surface area contributed by atoms with Crippen molar-refractivity contribution in [2.24, 2.45) is 16.6 Å². The number of aromatic hydroxyl groups is 3. The normalized spacial score (nSPS) is 26.1. The maximum absolute atomic E-state index is 16.4. The fourth-order valence-corrected chi connectivity index (χ4v) is 16.3. The molecule has 2 saturated heterocycles. The van der Waals surface area contributed by atoms with Crippen LogP contribution >= 0.6 is 46.4 Å². The molecule has 2 fully saturated rings.